The van der Waals surface area contributed by atoms with Crippen molar-refractivity contribution in [1.29, 1.82) is 0 Å². The molecule has 1 N–H and O–H groups in total. The number of carbonyl (C=O) groups excluding carboxylic acids is 1. The maximum absolute atomic E-state index is 12.2. The third-order valence-corrected chi connectivity index (χ3v) is 4.74. The van der Waals surface area contributed by atoms with Crippen LogP contribution in [0, 0.1) is 20.8 Å². The molecule has 0 fully saturated rings. The van der Waals surface area contributed by atoms with E-state index in [0.29, 0.717) is 12.4 Å². The average molecular weight is 390 g/mol. The molecular formula is C24H26N2O3. The van der Waals surface area contributed by atoms with Gasteiger partial charge in [0.1, 0.15) is 11.5 Å². The van der Waals surface area contributed by atoms with Crippen LogP contribution in [-0.4, -0.2) is 25.3 Å². The van der Waals surface area contributed by atoms with E-state index in [0.717, 1.165) is 38.8 Å². The first kappa shape index (κ1) is 20.4. The van der Waals surface area contributed by atoms with Crippen molar-refractivity contribution in [2.75, 3.05) is 13.2 Å². The predicted molar refractivity (Wildman–Crippen MR) is 117 cm³/mol. The van der Waals surface area contributed by atoms with E-state index in [-0.39, 0.29) is 12.5 Å². The van der Waals surface area contributed by atoms with E-state index in [4.69, 9.17) is 9.47 Å². The number of hydrogen-bond donors (Lipinski definition) is 1. The quantitative estimate of drug-likeness (QED) is 0.470. The van der Waals surface area contributed by atoms with E-state index in [9.17, 15) is 4.79 Å². The van der Waals surface area contributed by atoms with Crippen LogP contribution in [0.15, 0.2) is 53.6 Å². The molecule has 0 bridgehead atoms. The standard InChI is InChI=1S/C24H26N2O3/c1-5-28-22-11-10-19-8-6-7-9-20(19)21(22)14-25-26-24(27)15-29-23-13-16(2)12-17(3)18(23)4/h6-14H,5,15H2,1-4H3,(H,26,27)/b25-14+. The summed E-state index contributed by atoms with van der Waals surface area (Å²) in [4.78, 5) is 12.2. The summed E-state index contributed by atoms with van der Waals surface area (Å²) in [6, 6.07) is 15.9. The first-order chi connectivity index (χ1) is 14.0. The molecule has 1 amide bonds. The molecule has 0 saturated heterocycles. The molecule has 0 aliphatic rings. The summed E-state index contributed by atoms with van der Waals surface area (Å²) in [6.45, 7) is 8.40. The predicted octanol–water partition coefficient (Wildman–Crippen LogP) is 4.69. The number of hydrogen-bond acceptors (Lipinski definition) is 4. The van der Waals surface area contributed by atoms with Gasteiger partial charge in [-0.25, -0.2) is 5.43 Å². The Balaban J connectivity index is 1.70. The molecule has 0 aliphatic heterocycles. The fraction of sp³-hybridized carbons (Fsp3) is 0.250. The minimum atomic E-state index is -0.321. The van der Waals surface area contributed by atoms with Crippen molar-refractivity contribution in [1.82, 2.24) is 5.43 Å². The van der Waals surface area contributed by atoms with Gasteiger partial charge in [0, 0.05) is 5.56 Å². The van der Waals surface area contributed by atoms with Crippen molar-refractivity contribution < 1.29 is 14.3 Å². The molecule has 0 saturated carbocycles. The summed E-state index contributed by atoms with van der Waals surface area (Å²) in [5, 5.41) is 6.21. The third-order valence-electron chi connectivity index (χ3n) is 4.74. The maximum Gasteiger partial charge on any atom is 0.277 e. The molecule has 0 spiro atoms. The molecular weight excluding hydrogens is 364 g/mol. The van der Waals surface area contributed by atoms with Gasteiger partial charge in [-0.3, -0.25) is 4.79 Å². The molecule has 3 aromatic rings. The molecule has 0 heterocycles. The Hall–Kier alpha value is -3.34. The lowest BCUT2D eigenvalue weighted by molar-refractivity contribution is -0.123. The number of fused-ring (bicyclic) bond motifs is 1. The van der Waals surface area contributed by atoms with Gasteiger partial charge < -0.3 is 9.47 Å². The largest absolute Gasteiger partial charge is 0.493 e. The van der Waals surface area contributed by atoms with Crippen LogP contribution in [0.4, 0.5) is 0 Å². The molecule has 0 unspecified atom stereocenters. The number of rotatable bonds is 7. The Morgan fingerprint density at radius 3 is 2.62 bits per heavy atom. The van der Waals surface area contributed by atoms with Crippen LogP contribution >= 0.6 is 0 Å². The Morgan fingerprint density at radius 2 is 1.83 bits per heavy atom. The van der Waals surface area contributed by atoms with Crippen molar-refractivity contribution in [2.45, 2.75) is 27.7 Å². The van der Waals surface area contributed by atoms with E-state index < -0.39 is 0 Å². The van der Waals surface area contributed by atoms with Gasteiger partial charge in [0.25, 0.3) is 5.91 Å². The van der Waals surface area contributed by atoms with E-state index in [1.54, 1.807) is 6.21 Å². The SMILES string of the molecule is CCOc1ccc2ccccc2c1/C=N/NC(=O)COc1cc(C)cc(C)c1C. The van der Waals surface area contributed by atoms with Crippen LogP contribution < -0.4 is 14.9 Å². The van der Waals surface area contributed by atoms with Crippen LogP contribution in [0.25, 0.3) is 10.8 Å². The van der Waals surface area contributed by atoms with E-state index in [1.165, 1.54) is 0 Å². The second-order valence-corrected chi connectivity index (χ2v) is 6.92. The molecule has 3 aromatic carbocycles. The van der Waals surface area contributed by atoms with Crippen molar-refractivity contribution in [3.63, 3.8) is 0 Å². The molecule has 0 atom stereocenters. The second-order valence-electron chi connectivity index (χ2n) is 6.92. The molecule has 29 heavy (non-hydrogen) atoms. The Bertz CT molecular complexity index is 1060. The van der Waals surface area contributed by atoms with Crippen molar-refractivity contribution in [3.05, 3.63) is 70.8 Å². The molecule has 150 valence electrons. The molecule has 5 heteroatoms. The summed E-state index contributed by atoms with van der Waals surface area (Å²) < 4.78 is 11.4. The van der Waals surface area contributed by atoms with Crippen molar-refractivity contribution in [2.24, 2.45) is 5.10 Å². The van der Waals surface area contributed by atoms with Crippen LogP contribution in [0.5, 0.6) is 11.5 Å². The number of nitrogens with one attached hydrogen (secondary N) is 1. The lowest BCUT2D eigenvalue weighted by Crippen LogP contribution is -2.24. The van der Waals surface area contributed by atoms with Gasteiger partial charge >= 0.3 is 0 Å². The first-order valence-electron chi connectivity index (χ1n) is 9.66. The Kier molecular flexibility index (Phi) is 6.50. The van der Waals surface area contributed by atoms with Gasteiger partial charge in [-0.05, 0) is 67.3 Å². The normalized spacial score (nSPS) is 11.0. The van der Waals surface area contributed by atoms with Gasteiger partial charge in [0.05, 0.1) is 12.8 Å². The molecule has 5 nitrogen and oxygen atoms in total. The number of aryl methyl sites for hydroxylation is 2. The number of carbonyl (C=O) groups is 1. The van der Waals surface area contributed by atoms with Gasteiger partial charge in [-0.2, -0.15) is 5.10 Å². The lowest BCUT2D eigenvalue weighted by Gasteiger charge is -2.12. The summed E-state index contributed by atoms with van der Waals surface area (Å²) in [5.74, 6) is 1.12. The van der Waals surface area contributed by atoms with Crippen LogP contribution in [0.3, 0.4) is 0 Å². The highest BCUT2D eigenvalue weighted by Crippen LogP contribution is 2.27. The Morgan fingerprint density at radius 1 is 1.03 bits per heavy atom. The maximum atomic E-state index is 12.2. The van der Waals surface area contributed by atoms with Gasteiger partial charge in [0.2, 0.25) is 0 Å². The summed E-state index contributed by atoms with van der Waals surface area (Å²) in [6.07, 6.45) is 1.62. The smallest absolute Gasteiger partial charge is 0.277 e. The van der Waals surface area contributed by atoms with Crippen LogP contribution in [0.2, 0.25) is 0 Å². The molecule has 0 aromatic heterocycles. The summed E-state index contributed by atoms with van der Waals surface area (Å²) >= 11 is 0. The molecule has 0 aliphatic carbocycles. The zero-order chi connectivity index (χ0) is 20.8. The monoisotopic (exact) mass is 390 g/mol. The fourth-order valence-electron chi connectivity index (χ4n) is 3.19. The van der Waals surface area contributed by atoms with Crippen molar-refractivity contribution in [3.8, 4) is 11.5 Å². The molecule has 3 rings (SSSR count). The zero-order valence-corrected chi connectivity index (χ0v) is 17.3. The summed E-state index contributed by atoms with van der Waals surface area (Å²) in [5.41, 5.74) is 6.63. The van der Waals surface area contributed by atoms with E-state index in [2.05, 4.69) is 16.6 Å². The van der Waals surface area contributed by atoms with Crippen molar-refractivity contribution >= 4 is 22.9 Å². The topological polar surface area (TPSA) is 59.9 Å². The number of amides is 1. The van der Waals surface area contributed by atoms with Gasteiger partial charge in [-0.15, -0.1) is 0 Å². The Labute approximate surface area is 171 Å². The number of ether oxygens (including phenoxy) is 2. The first-order valence-corrected chi connectivity index (χ1v) is 9.66. The zero-order valence-electron chi connectivity index (χ0n) is 17.3. The van der Waals surface area contributed by atoms with E-state index >= 15 is 0 Å². The number of benzene rings is 3. The lowest BCUT2D eigenvalue weighted by atomic mass is 10.0. The third kappa shape index (κ3) is 4.93. The number of nitrogens with zero attached hydrogens (tertiary/aromatic N) is 1. The fourth-order valence-corrected chi connectivity index (χ4v) is 3.19. The summed E-state index contributed by atoms with van der Waals surface area (Å²) in [7, 11) is 0. The van der Waals surface area contributed by atoms with Crippen LogP contribution in [0.1, 0.15) is 29.2 Å². The van der Waals surface area contributed by atoms with Gasteiger partial charge in [-0.1, -0.05) is 36.4 Å². The highest BCUT2D eigenvalue weighted by molar-refractivity contribution is 6.02. The number of hydrazone groups is 1. The van der Waals surface area contributed by atoms with Gasteiger partial charge in [0.15, 0.2) is 6.61 Å². The highest BCUT2D eigenvalue weighted by Gasteiger charge is 2.09. The minimum absolute atomic E-state index is 0.102. The van der Waals surface area contributed by atoms with E-state index in [1.807, 2.05) is 70.2 Å². The average Bonchev–Trinajstić information content (AvgIpc) is 2.71. The highest BCUT2D eigenvalue weighted by atomic mass is 16.5. The van der Waals surface area contributed by atoms with Crippen LogP contribution in [-0.2, 0) is 4.79 Å². The minimum Gasteiger partial charge on any atom is -0.493 e. The molecule has 0 radical (unpaired) electrons. The second kappa shape index (κ2) is 9.24.